The summed E-state index contributed by atoms with van der Waals surface area (Å²) in [7, 11) is 0. The maximum absolute atomic E-state index is 12.0. The minimum atomic E-state index is 0.170. The van der Waals surface area contributed by atoms with Gasteiger partial charge < -0.3 is 10.2 Å². The van der Waals surface area contributed by atoms with Crippen molar-refractivity contribution in [2.24, 2.45) is 5.92 Å². The van der Waals surface area contributed by atoms with Gasteiger partial charge in [-0.25, -0.2) is 0 Å². The molecule has 0 spiro atoms. The van der Waals surface area contributed by atoms with Gasteiger partial charge in [-0.3, -0.25) is 4.79 Å². The molecule has 0 unspecified atom stereocenters. The maximum atomic E-state index is 12.0. The first kappa shape index (κ1) is 18.0. The molecule has 3 heteroatoms. The van der Waals surface area contributed by atoms with Gasteiger partial charge >= 0.3 is 0 Å². The largest absolute Gasteiger partial charge is 0.355 e. The molecule has 0 bridgehead atoms. The SMILES string of the molecule is CC1CCN(CCNC(=O)CCc2ccc(C(C)C)cc2)CC1. The second kappa shape index (κ2) is 9.07. The van der Waals surface area contributed by atoms with E-state index >= 15 is 0 Å². The summed E-state index contributed by atoms with van der Waals surface area (Å²) in [5.41, 5.74) is 2.60. The van der Waals surface area contributed by atoms with Crippen LogP contribution in [0.15, 0.2) is 24.3 Å². The Morgan fingerprint density at radius 2 is 1.87 bits per heavy atom. The zero-order valence-corrected chi connectivity index (χ0v) is 15.0. The second-order valence-corrected chi connectivity index (χ2v) is 7.27. The van der Waals surface area contributed by atoms with Crippen LogP contribution in [0.4, 0.5) is 0 Å². The highest BCUT2D eigenvalue weighted by molar-refractivity contribution is 5.76. The highest BCUT2D eigenvalue weighted by Gasteiger charge is 2.15. The van der Waals surface area contributed by atoms with E-state index in [-0.39, 0.29) is 5.91 Å². The Hall–Kier alpha value is -1.35. The average Bonchev–Trinajstić information content (AvgIpc) is 2.55. The van der Waals surface area contributed by atoms with Crippen LogP contribution < -0.4 is 5.32 Å². The lowest BCUT2D eigenvalue weighted by molar-refractivity contribution is -0.121. The molecule has 0 aromatic heterocycles. The van der Waals surface area contributed by atoms with Gasteiger partial charge in [-0.1, -0.05) is 45.0 Å². The lowest BCUT2D eigenvalue weighted by Crippen LogP contribution is -2.39. The monoisotopic (exact) mass is 316 g/mol. The van der Waals surface area contributed by atoms with Crippen molar-refractivity contribution >= 4 is 5.91 Å². The zero-order valence-electron chi connectivity index (χ0n) is 15.0. The number of benzene rings is 1. The Labute approximate surface area is 141 Å². The van der Waals surface area contributed by atoms with Gasteiger partial charge in [-0.05, 0) is 55.3 Å². The average molecular weight is 316 g/mol. The highest BCUT2D eigenvalue weighted by atomic mass is 16.1. The van der Waals surface area contributed by atoms with Crippen LogP contribution in [-0.4, -0.2) is 37.0 Å². The molecular weight excluding hydrogens is 284 g/mol. The summed E-state index contributed by atoms with van der Waals surface area (Å²) < 4.78 is 0. The maximum Gasteiger partial charge on any atom is 0.220 e. The van der Waals surface area contributed by atoms with Crippen molar-refractivity contribution in [3.05, 3.63) is 35.4 Å². The fraction of sp³-hybridized carbons (Fsp3) is 0.650. The third-order valence-corrected chi connectivity index (χ3v) is 4.91. The molecule has 1 saturated heterocycles. The van der Waals surface area contributed by atoms with Crippen molar-refractivity contribution < 1.29 is 4.79 Å². The molecule has 3 nitrogen and oxygen atoms in total. The Balaban J connectivity index is 1.61. The van der Waals surface area contributed by atoms with Gasteiger partial charge in [0.05, 0.1) is 0 Å². The number of nitrogens with zero attached hydrogens (tertiary/aromatic N) is 1. The molecule has 0 radical (unpaired) electrons. The molecule has 1 N–H and O–H groups in total. The molecule has 1 aromatic carbocycles. The zero-order chi connectivity index (χ0) is 16.7. The molecule has 0 aliphatic carbocycles. The van der Waals surface area contributed by atoms with Gasteiger partial charge in [0.25, 0.3) is 0 Å². The Kier molecular flexibility index (Phi) is 7.10. The predicted molar refractivity (Wildman–Crippen MR) is 96.7 cm³/mol. The Morgan fingerprint density at radius 1 is 1.22 bits per heavy atom. The molecule has 1 amide bonds. The number of nitrogens with one attached hydrogen (secondary N) is 1. The molecule has 1 aromatic rings. The normalized spacial score (nSPS) is 16.7. The van der Waals surface area contributed by atoms with Gasteiger partial charge in [0, 0.05) is 19.5 Å². The quantitative estimate of drug-likeness (QED) is 0.834. The van der Waals surface area contributed by atoms with Gasteiger partial charge in [-0.15, -0.1) is 0 Å². The molecule has 0 atom stereocenters. The van der Waals surface area contributed by atoms with E-state index in [1.54, 1.807) is 0 Å². The van der Waals surface area contributed by atoms with Crippen molar-refractivity contribution in [2.75, 3.05) is 26.2 Å². The van der Waals surface area contributed by atoms with E-state index in [9.17, 15) is 4.79 Å². The molecule has 23 heavy (non-hydrogen) atoms. The number of carbonyl (C=O) groups is 1. The Bertz CT molecular complexity index is 473. The number of amides is 1. The first-order valence-electron chi connectivity index (χ1n) is 9.12. The number of rotatable bonds is 7. The summed E-state index contributed by atoms with van der Waals surface area (Å²) in [5, 5.41) is 3.06. The molecule has 1 fully saturated rings. The van der Waals surface area contributed by atoms with Crippen molar-refractivity contribution in [2.45, 2.75) is 52.4 Å². The van der Waals surface area contributed by atoms with Crippen LogP contribution >= 0.6 is 0 Å². The number of aryl methyl sites for hydroxylation is 1. The van der Waals surface area contributed by atoms with E-state index < -0.39 is 0 Å². The summed E-state index contributed by atoms with van der Waals surface area (Å²) >= 11 is 0. The first-order valence-corrected chi connectivity index (χ1v) is 9.12. The van der Waals surface area contributed by atoms with E-state index in [2.05, 4.69) is 55.3 Å². The van der Waals surface area contributed by atoms with Crippen molar-refractivity contribution in [3.63, 3.8) is 0 Å². The van der Waals surface area contributed by atoms with E-state index in [4.69, 9.17) is 0 Å². The van der Waals surface area contributed by atoms with Crippen LogP contribution in [0, 0.1) is 5.92 Å². The van der Waals surface area contributed by atoms with E-state index in [1.165, 1.54) is 37.1 Å². The molecular formula is C20H32N2O. The van der Waals surface area contributed by atoms with Crippen LogP contribution in [0.1, 0.15) is 57.1 Å². The smallest absolute Gasteiger partial charge is 0.220 e. The molecule has 1 aliphatic rings. The predicted octanol–water partition coefficient (Wildman–Crippen LogP) is 3.59. The minimum absolute atomic E-state index is 0.170. The van der Waals surface area contributed by atoms with Crippen LogP contribution in [-0.2, 0) is 11.2 Å². The minimum Gasteiger partial charge on any atom is -0.355 e. The molecule has 1 aliphatic heterocycles. The second-order valence-electron chi connectivity index (χ2n) is 7.27. The lowest BCUT2D eigenvalue weighted by Gasteiger charge is -2.30. The van der Waals surface area contributed by atoms with Crippen molar-refractivity contribution in [1.29, 1.82) is 0 Å². The number of hydrogen-bond acceptors (Lipinski definition) is 2. The summed E-state index contributed by atoms with van der Waals surface area (Å²) in [5.74, 6) is 1.59. The number of likely N-dealkylation sites (tertiary alicyclic amines) is 1. The van der Waals surface area contributed by atoms with E-state index in [1.807, 2.05) is 0 Å². The topological polar surface area (TPSA) is 32.3 Å². The summed E-state index contributed by atoms with van der Waals surface area (Å²) in [6.07, 6.45) is 3.99. The standard InChI is InChI=1S/C20H32N2O/c1-16(2)19-7-4-18(5-8-19)6-9-20(23)21-12-15-22-13-10-17(3)11-14-22/h4-5,7-8,16-17H,6,9-15H2,1-3H3,(H,21,23). The number of piperidine rings is 1. The van der Waals surface area contributed by atoms with Crippen molar-refractivity contribution in [3.8, 4) is 0 Å². The van der Waals surface area contributed by atoms with Gasteiger partial charge in [0.2, 0.25) is 5.91 Å². The molecule has 1 heterocycles. The first-order chi connectivity index (χ1) is 11.0. The van der Waals surface area contributed by atoms with Gasteiger partial charge in [0.15, 0.2) is 0 Å². The van der Waals surface area contributed by atoms with Crippen LogP contribution in [0.25, 0.3) is 0 Å². The fourth-order valence-electron chi connectivity index (χ4n) is 3.05. The highest BCUT2D eigenvalue weighted by Crippen LogP contribution is 2.16. The molecule has 0 saturated carbocycles. The summed E-state index contributed by atoms with van der Waals surface area (Å²) in [6.45, 7) is 10.9. The van der Waals surface area contributed by atoms with Gasteiger partial charge in [-0.2, -0.15) is 0 Å². The van der Waals surface area contributed by atoms with Crippen LogP contribution in [0.2, 0.25) is 0 Å². The summed E-state index contributed by atoms with van der Waals surface area (Å²) in [6, 6.07) is 8.65. The lowest BCUT2D eigenvalue weighted by atomic mass is 9.99. The van der Waals surface area contributed by atoms with E-state index in [0.29, 0.717) is 12.3 Å². The van der Waals surface area contributed by atoms with Crippen molar-refractivity contribution in [1.82, 2.24) is 10.2 Å². The van der Waals surface area contributed by atoms with Gasteiger partial charge in [0.1, 0.15) is 0 Å². The third-order valence-electron chi connectivity index (χ3n) is 4.91. The number of carbonyl (C=O) groups excluding carboxylic acids is 1. The van der Waals surface area contributed by atoms with Crippen LogP contribution in [0.5, 0.6) is 0 Å². The Morgan fingerprint density at radius 3 is 2.48 bits per heavy atom. The fourth-order valence-corrected chi connectivity index (χ4v) is 3.05. The summed E-state index contributed by atoms with van der Waals surface area (Å²) in [4.78, 5) is 14.4. The number of hydrogen-bond donors (Lipinski definition) is 1. The van der Waals surface area contributed by atoms with E-state index in [0.717, 1.165) is 25.4 Å². The van der Waals surface area contributed by atoms with Crippen LogP contribution in [0.3, 0.4) is 0 Å². The third kappa shape index (κ3) is 6.34. The molecule has 2 rings (SSSR count). The molecule has 128 valence electrons.